The number of halogens is 1. The van der Waals surface area contributed by atoms with Gasteiger partial charge in [-0.1, -0.05) is 24.3 Å². The van der Waals surface area contributed by atoms with Crippen LogP contribution in [0.1, 0.15) is 50.8 Å². The molecule has 32 heavy (non-hydrogen) atoms. The van der Waals surface area contributed by atoms with Gasteiger partial charge >= 0.3 is 0 Å². The van der Waals surface area contributed by atoms with E-state index in [-0.39, 0.29) is 36.3 Å². The fourth-order valence-corrected chi connectivity index (χ4v) is 5.47. The fraction of sp³-hybridized carbons (Fsp3) is 0.308. The highest BCUT2D eigenvalue weighted by molar-refractivity contribution is 7.10. The molecule has 6 heteroatoms. The van der Waals surface area contributed by atoms with Gasteiger partial charge in [-0.15, -0.1) is 11.3 Å². The van der Waals surface area contributed by atoms with Crippen LogP contribution < -0.4 is 0 Å². The Bertz CT molecular complexity index is 1150. The molecule has 1 aliphatic heterocycles. The van der Waals surface area contributed by atoms with Gasteiger partial charge in [0.2, 0.25) is 5.91 Å². The van der Waals surface area contributed by atoms with Crippen LogP contribution in [-0.2, 0) is 11.2 Å². The smallest absolute Gasteiger partial charge is 0.254 e. The Morgan fingerprint density at radius 3 is 2.53 bits per heavy atom. The summed E-state index contributed by atoms with van der Waals surface area (Å²) >= 11 is 1.74. The number of nitrogens with zero attached hydrogens (tertiary/aromatic N) is 2. The summed E-state index contributed by atoms with van der Waals surface area (Å²) in [6, 6.07) is 15.8. The van der Waals surface area contributed by atoms with E-state index in [0.717, 1.165) is 30.4 Å². The molecule has 2 aromatic carbocycles. The first kappa shape index (κ1) is 20.9. The number of benzene rings is 2. The molecule has 4 nitrogen and oxygen atoms in total. The van der Waals surface area contributed by atoms with E-state index in [4.69, 9.17) is 0 Å². The summed E-state index contributed by atoms with van der Waals surface area (Å²) in [6.45, 7) is 2.75. The second-order valence-electron chi connectivity index (χ2n) is 8.57. The van der Waals surface area contributed by atoms with Crippen molar-refractivity contribution in [1.29, 1.82) is 0 Å². The van der Waals surface area contributed by atoms with Gasteiger partial charge in [-0.2, -0.15) is 0 Å². The van der Waals surface area contributed by atoms with Crippen LogP contribution in [0.3, 0.4) is 0 Å². The van der Waals surface area contributed by atoms with Crippen molar-refractivity contribution in [3.63, 3.8) is 0 Å². The fourth-order valence-electron chi connectivity index (χ4n) is 4.56. The third-order valence-electron chi connectivity index (χ3n) is 6.41. The Kier molecular flexibility index (Phi) is 5.55. The van der Waals surface area contributed by atoms with Gasteiger partial charge in [-0.3, -0.25) is 9.59 Å². The summed E-state index contributed by atoms with van der Waals surface area (Å²) < 4.78 is 13.3. The van der Waals surface area contributed by atoms with Crippen molar-refractivity contribution in [3.05, 3.63) is 92.9 Å². The number of amides is 2. The Labute approximate surface area is 191 Å². The van der Waals surface area contributed by atoms with Gasteiger partial charge in [0.05, 0.1) is 6.04 Å². The third-order valence-corrected chi connectivity index (χ3v) is 7.41. The zero-order valence-electron chi connectivity index (χ0n) is 18.0. The lowest BCUT2D eigenvalue weighted by Crippen LogP contribution is -2.47. The van der Waals surface area contributed by atoms with E-state index >= 15 is 0 Å². The van der Waals surface area contributed by atoms with Crippen LogP contribution in [0.4, 0.5) is 4.39 Å². The summed E-state index contributed by atoms with van der Waals surface area (Å²) in [7, 11) is 0. The average Bonchev–Trinajstić information content (AvgIpc) is 3.53. The quantitative estimate of drug-likeness (QED) is 0.553. The highest BCUT2D eigenvalue weighted by atomic mass is 32.1. The Morgan fingerprint density at radius 2 is 1.81 bits per heavy atom. The van der Waals surface area contributed by atoms with Gasteiger partial charge in [-0.25, -0.2) is 4.39 Å². The second-order valence-corrected chi connectivity index (χ2v) is 9.57. The summed E-state index contributed by atoms with van der Waals surface area (Å²) in [4.78, 5) is 31.7. The van der Waals surface area contributed by atoms with Gasteiger partial charge in [-0.05, 0) is 78.6 Å². The number of carbonyl (C=O) groups is 2. The lowest BCUT2D eigenvalue weighted by atomic mass is 9.90. The van der Waals surface area contributed by atoms with Crippen molar-refractivity contribution in [3.8, 4) is 0 Å². The molecule has 2 aliphatic rings. The molecule has 1 unspecified atom stereocenters. The van der Waals surface area contributed by atoms with Crippen molar-refractivity contribution in [2.75, 3.05) is 13.1 Å². The van der Waals surface area contributed by atoms with Crippen LogP contribution in [0.2, 0.25) is 0 Å². The SMILES string of the molecule is Cc1ccccc1C1c2ccsc2CCN1C(=O)CN(C(=O)c1ccc(F)cc1)C1CC1. The van der Waals surface area contributed by atoms with Crippen molar-refractivity contribution in [1.82, 2.24) is 9.80 Å². The number of rotatable bonds is 5. The number of fused-ring (bicyclic) bond motifs is 1. The maximum Gasteiger partial charge on any atom is 0.254 e. The van der Waals surface area contributed by atoms with Gasteiger partial charge in [0, 0.05) is 23.0 Å². The number of hydrogen-bond donors (Lipinski definition) is 0. The number of hydrogen-bond acceptors (Lipinski definition) is 3. The first-order chi connectivity index (χ1) is 15.5. The molecular weight excluding hydrogens is 423 g/mol. The molecule has 5 rings (SSSR count). The molecule has 1 aromatic heterocycles. The van der Waals surface area contributed by atoms with Crippen LogP contribution >= 0.6 is 11.3 Å². The zero-order valence-corrected chi connectivity index (χ0v) is 18.8. The van der Waals surface area contributed by atoms with Crippen LogP contribution in [0, 0.1) is 12.7 Å². The van der Waals surface area contributed by atoms with Gasteiger partial charge < -0.3 is 9.80 Å². The first-order valence-corrected chi connectivity index (χ1v) is 11.9. The van der Waals surface area contributed by atoms with Crippen molar-refractivity contribution < 1.29 is 14.0 Å². The Balaban J connectivity index is 1.43. The van der Waals surface area contributed by atoms with Gasteiger partial charge in [0.15, 0.2) is 0 Å². The molecule has 0 saturated heterocycles. The Hall–Kier alpha value is -2.99. The number of thiophene rings is 1. The summed E-state index contributed by atoms with van der Waals surface area (Å²) in [5, 5.41) is 2.10. The van der Waals surface area contributed by atoms with E-state index in [9.17, 15) is 14.0 Å². The van der Waals surface area contributed by atoms with E-state index in [1.165, 1.54) is 34.7 Å². The third kappa shape index (κ3) is 3.95. The van der Waals surface area contributed by atoms with E-state index < -0.39 is 0 Å². The molecule has 3 aromatic rings. The molecule has 1 saturated carbocycles. The molecule has 164 valence electrons. The molecule has 0 N–H and O–H groups in total. The van der Waals surface area contributed by atoms with Crippen LogP contribution in [0.25, 0.3) is 0 Å². The molecule has 2 heterocycles. The molecule has 2 amide bonds. The molecular formula is C26H25FN2O2S. The minimum absolute atomic E-state index is 0.0440. The normalized spacial score (nSPS) is 17.7. The lowest BCUT2D eigenvalue weighted by molar-refractivity contribution is -0.134. The average molecular weight is 449 g/mol. The molecule has 1 aliphatic carbocycles. The van der Waals surface area contributed by atoms with Gasteiger partial charge in [0.25, 0.3) is 5.91 Å². The molecule has 1 fully saturated rings. The number of aryl methyl sites for hydroxylation is 1. The predicted octanol–water partition coefficient (Wildman–Crippen LogP) is 4.97. The summed E-state index contributed by atoms with van der Waals surface area (Å²) in [5.74, 6) is -0.629. The maximum atomic E-state index is 13.6. The second kappa shape index (κ2) is 8.51. The van der Waals surface area contributed by atoms with Crippen molar-refractivity contribution in [2.24, 2.45) is 0 Å². The molecule has 0 spiro atoms. The standard InChI is InChI=1S/C26H25FN2O2S/c1-17-4-2-3-5-21(17)25-22-13-15-32-23(22)12-14-28(25)24(30)16-29(20-10-11-20)26(31)18-6-8-19(27)9-7-18/h2-9,13,15,20,25H,10-12,14,16H2,1H3. The maximum absolute atomic E-state index is 13.6. The van der Waals surface area contributed by atoms with Gasteiger partial charge in [0.1, 0.15) is 12.4 Å². The van der Waals surface area contributed by atoms with E-state index in [2.05, 4.69) is 30.5 Å². The largest absolute Gasteiger partial charge is 0.330 e. The minimum Gasteiger partial charge on any atom is -0.330 e. The first-order valence-electron chi connectivity index (χ1n) is 11.0. The van der Waals surface area contributed by atoms with Crippen LogP contribution in [0.5, 0.6) is 0 Å². The molecule has 1 atom stereocenters. The summed E-state index contributed by atoms with van der Waals surface area (Å²) in [5.41, 5.74) is 3.88. The molecule has 0 radical (unpaired) electrons. The predicted molar refractivity (Wildman–Crippen MR) is 123 cm³/mol. The van der Waals surface area contributed by atoms with Crippen molar-refractivity contribution >= 4 is 23.2 Å². The Morgan fingerprint density at radius 1 is 1.06 bits per heavy atom. The van der Waals surface area contributed by atoms with E-state index in [0.29, 0.717) is 12.1 Å². The highest BCUT2D eigenvalue weighted by Gasteiger charge is 2.38. The summed E-state index contributed by atoms with van der Waals surface area (Å²) in [6.07, 6.45) is 2.63. The minimum atomic E-state index is -0.378. The lowest BCUT2D eigenvalue weighted by Gasteiger charge is -2.38. The highest BCUT2D eigenvalue weighted by Crippen LogP contribution is 2.39. The van der Waals surface area contributed by atoms with E-state index in [1.54, 1.807) is 16.2 Å². The van der Waals surface area contributed by atoms with Crippen LogP contribution in [0.15, 0.2) is 60.0 Å². The number of carbonyl (C=O) groups excluding carboxylic acids is 2. The van der Waals surface area contributed by atoms with E-state index in [1.807, 2.05) is 17.0 Å². The monoisotopic (exact) mass is 448 g/mol. The zero-order chi connectivity index (χ0) is 22.2. The topological polar surface area (TPSA) is 40.6 Å². The van der Waals surface area contributed by atoms with Crippen LogP contribution in [-0.4, -0.2) is 40.7 Å². The van der Waals surface area contributed by atoms with Crippen molar-refractivity contribution in [2.45, 2.75) is 38.3 Å². The molecule has 0 bridgehead atoms.